The number of benzene rings is 2. The molecule has 1 saturated heterocycles. The standard InChI is InChI=1S/C17H20N2O/c1-2-17(20)18-15-9-10-19(12-15)16-8-7-13-5-3-4-6-14(13)11-16/h3-8,11,15H,2,9-10,12H2,1H3,(H,18,20). The van der Waals surface area contributed by atoms with E-state index >= 15 is 0 Å². The molecular formula is C17H20N2O. The fourth-order valence-corrected chi connectivity index (χ4v) is 2.82. The molecule has 0 radical (unpaired) electrons. The van der Waals surface area contributed by atoms with Crippen molar-refractivity contribution in [3.8, 4) is 0 Å². The van der Waals surface area contributed by atoms with Crippen molar-refractivity contribution in [2.75, 3.05) is 18.0 Å². The van der Waals surface area contributed by atoms with Gasteiger partial charge in [0.15, 0.2) is 0 Å². The fourth-order valence-electron chi connectivity index (χ4n) is 2.82. The van der Waals surface area contributed by atoms with E-state index in [9.17, 15) is 4.79 Å². The zero-order chi connectivity index (χ0) is 13.9. The van der Waals surface area contributed by atoms with E-state index < -0.39 is 0 Å². The predicted octanol–water partition coefficient (Wildman–Crippen LogP) is 2.94. The highest BCUT2D eigenvalue weighted by atomic mass is 16.1. The van der Waals surface area contributed by atoms with Crippen molar-refractivity contribution in [1.29, 1.82) is 0 Å². The zero-order valence-corrected chi connectivity index (χ0v) is 11.8. The molecule has 1 aliphatic rings. The van der Waals surface area contributed by atoms with Gasteiger partial charge in [-0.15, -0.1) is 0 Å². The Morgan fingerprint density at radius 2 is 2.05 bits per heavy atom. The first kappa shape index (κ1) is 13.0. The molecule has 0 bridgehead atoms. The van der Waals surface area contributed by atoms with E-state index in [0.29, 0.717) is 6.42 Å². The van der Waals surface area contributed by atoms with Gasteiger partial charge in [0.05, 0.1) is 0 Å². The first-order valence-electron chi connectivity index (χ1n) is 7.29. The van der Waals surface area contributed by atoms with Crippen LogP contribution in [0.3, 0.4) is 0 Å². The number of nitrogens with zero attached hydrogens (tertiary/aromatic N) is 1. The minimum atomic E-state index is 0.148. The van der Waals surface area contributed by atoms with E-state index in [4.69, 9.17) is 0 Å². The van der Waals surface area contributed by atoms with Crippen molar-refractivity contribution in [2.24, 2.45) is 0 Å². The summed E-state index contributed by atoms with van der Waals surface area (Å²) in [4.78, 5) is 13.8. The molecule has 2 aromatic carbocycles. The molecule has 0 aromatic heterocycles. The van der Waals surface area contributed by atoms with E-state index in [1.165, 1.54) is 16.5 Å². The number of nitrogens with one attached hydrogen (secondary N) is 1. The first-order chi connectivity index (χ1) is 9.76. The van der Waals surface area contributed by atoms with Crippen LogP contribution < -0.4 is 10.2 Å². The summed E-state index contributed by atoms with van der Waals surface area (Å²) in [5.74, 6) is 0.148. The Hall–Kier alpha value is -2.03. The molecule has 20 heavy (non-hydrogen) atoms. The van der Waals surface area contributed by atoms with Gasteiger partial charge in [0.2, 0.25) is 5.91 Å². The largest absolute Gasteiger partial charge is 0.369 e. The number of anilines is 1. The Morgan fingerprint density at radius 3 is 2.85 bits per heavy atom. The third-order valence-corrected chi connectivity index (χ3v) is 3.97. The second-order valence-corrected chi connectivity index (χ2v) is 5.38. The maximum atomic E-state index is 11.5. The molecule has 0 saturated carbocycles. The van der Waals surface area contributed by atoms with Crippen molar-refractivity contribution < 1.29 is 4.79 Å². The summed E-state index contributed by atoms with van der Waals surface area (Å²) in [6.07, 6.45) is 1.59. The van der Waals surface area contributed by atoms with Crippen molar-refractivity contribution in [3.05, 3.63) is 42.5 Å². The minimum Gasteiger partial charge on any atom is -0.369 e. The summed E-state index contributed by atoms with van der Waals surface area (Å²) in [5, 5.41) is 5.62. The van der Waals surface area contributed by atoms with Gasteiger partial charge >= 0.3 is 0 Å². The molecule has 3 heteroatoms. The Morgan fingerprint density at radius 1 is 1.25 bits per heavy atom. The number of carbonyl (C=O) groups is 1. The number of rotatable bonds is 3. The van der Waals surface area contributed by atoms with Gasteiger partial charge in [0.25, 0.3) is 0 Å². The summed E-state index contributed by atoms with van der Waals surface area (Å²) in [6, 6.07) is 15.3. The fraction of sp³-hybridized carbons (Fsp3) is 0.353. The van der Waals surface area contributed by atoms with Crippen LogP contribution in [-0.2, 0) is 4.79 Å². The topological polar surface area (TPSA) is 32.3 Å². The van der Waals surface area contributed by atoms with E-state index in [2.05, 4.69) is 52.7 Å². The Kier molecular flexibility index (Phi) is 3.59. The number of amides is 1. The van der Waals surface area contributed by atoms with Crippen LogP contribution in [0.4, 0.5) is 5.69 Å². The van der Waals surface area contributed by atoms with Crippen LogP contribution in [0.1, 0.15) is 19.8 Å². The third-order valence-electron chi connectivity index (χ3n) is 3.97. The molecule has 104 valence electrons. The normalized spacial score (nSPS) is 18.4. The highest BCUT2D eigenvalue weighted by Gasteiger charge is 2.23. The molecule has 0 aliphatic carbocycles. The maximum absolute atomic E-state index is 11.5. The van der Waals surface area contributed by atoms with Crippen LogP contribution in [0.5, 0.6) is 0 Å². The van der Waals surface area contributed by atoms with Crippen molar-refractivity contribution >= 4 is 22.4 Å². The molecule has 1 fully saturated rings. The van der Waals surface area contributed by atoms with Gasteiger partial charge in [-0.05, 0) is 29.3 Å². The number of hydrogen-bond acceptors (Lipinski definition) is 2. The van der Waals surface area contributed by atoms with Crippen molar-refractivity contribution in [2.45, 2.75) is 25.8 Å². The lowest BCUT2D eigenvalue weighted by atomic mass is 10.1. The monoisotopic (exact) mass is 268 g/mol. The molecule has 1 atom stereocenters. The molecule has 0 spiro atoms. The van der Waals surface area contributed by atoms with Crippen molar-refractivity contribution in [1.82, 2.24) is 5.32 Å². The van der Waals surface area contributed by atoms with Gasteiger partial charge in [-0.25, -0.2) is 0 Å². The number of carbonyl (C=O) groups excluding carboxylic acids is 1. The van der Waals surface area contributed by atoms with Crippen LogP contribution in [0, 0.1) is 0 Å². The first-order valence-corrected chi connectivity index (χ1v) is 7.29. The average molecular weight is 268 g/mol. The van der Waals surface area contributed by atoms with E-state index in [1.54, 1.807) is 0 Å². The SMILES string of the molecule is CCC(=O)NC1CCN(c2ccc3ccccc3c2)C1. The van der Waals surface area contributed by atoms with Crippen LogP contribution in [0.2, 0.25) is 0 Å². The highest BCUT2D eigenvalue weighted by Crippen LogP contribution is 2.25. The lowest BCUT2D eigenvalue weighted by molar-refractivity contribution is -0.121. The summed E-state index contributed by atoms with van der Waals surface area (Å²) in [5.41, 5.74) is 1.25. The molecule has 1 unspecified atom stereocenters. The number of hydrogen-bond donors (Lipinski definition) is 1. The second-order valence-electron chi connectivity index (χ2n) is 5.38. The molecule has 1 aliphatic heterocycles. The Labute approximate surface area is 119 Å². The van der Waals surface area contributed by atoms with Gasteiger partial charge in [0.1, 0.15) is 0 Å². The predicted molar refractivity (Wildman–Crippen MR) is 83.0 cm³/mol. The Balaban J connectivity index is 1.74. The second kappa shape index (κ2) is 5.53. The smallest absolute Gasteiger partial charge is 0.219 e. The Bertz CT molecular complexity index is 623. The lowest BCUT2D eigenvalue weighted by Crippen LogP contribution is -2.36. The van der Waals surface area contributed by atoms with E-state index in [0.717, 1.165) is 19.5 Å². The summed E-state index contributed by atoms with van der Waals surface area (Å²) < 4.78 is 0. The molecule has 1 amide bonds. The van der Waals surface area contributed by atoms with Crippen LogP contribution in [-0.4, -0.2) is 25.0 Å². The van der Waals surface area contributed by atoms with Crippen LogP contribution >= 0.6 is 0 Å². The van der Waals surface area contributed by atoms with Crippen LogP contribution in [0.15, 0.2) is 42.5 Å². The summed E-state index contributed by atoms with van der Waals surface area (Å²) in [7, 11) is 0. The summed E-state index contributed by atoms with van der Waals surface area (Å²) in [6.45, 7) is 3.81. The molecular weight excluding hydrogens is 248 g/mol. The van der Waals surface area contributed by atoms with Gasteiger partial charge in [-0.3, -0.25) is 4.79 Å². The molecule has 1 heterocycles. The average Bonchev–Trinajstić information content (AvgIpc) is 2.95. The zero-order valence-electron chi connectivity index (χ0n) is 11.8. The molecule has 1 N–H and O–H groups in total. The molecule has 3 rings (SSSR count). The third kappa shape index (κ3) is 2.62. The van der Waals surface area contributed by atoms with E-state index in [-0.39, 0.29) is 11.9 Å². The molecule has 2 aromatic rings. The van der Waals surface area contributed by atoms with Crippen molar-refractivity contribution in [3.63, 3.8) is 0 Å². The van der Waals surface area contributed by atoms with Gasteiger partial charge in [-0.1, -0.05) is 37.3 Å². The van der Waals surface area contributed by atoms with Gasteiger partial charge < -0.3 is 10.2 Å². The van der Waals surface area contributed by atoms with Crippen LogP contribution in [0.25, 0.3) is 10.8 Å². The quantitative estimate of drug-likeness (QED) is 0.928. The lowest BCUT2D eigenvalue weighted by Gasteiger charge is -2.19. The van der Waals surface area contributed by atoms with Gasteiger partial charge in [0, 0.05) is 31.2 Å². The molecule has 3 nitrogen and oxygen atoms in total. The number of fused-ring (bicyclic) bond motifs is 1. The van der Waals surface area contributed by atoms with Gasteiger partial charge in [-0.2, -0.15) is 0 Å². The van der Waals surface area contributed by atoms with E-state index in [1.807, 2.05) is 6.92 Å². The summed E-state index contributed by atoms with van der Waals surface area (Å²) >= 11 is 0. The highest BCUT2D eigenvalue weighted by molar-refractivity contribution is 5.86. The maximum Gasteiger partial charge on any atom is 0.219 e. The minimum absolute atomic E-state index is 0.148.